The lowest BCUT2D eigenvalue weighted by molar-refractivity contribution is 0.102. The standard InChI is InChI=1S/C20H15ClN2O5S/c21-13-6-8-16(17(10-13)23-29(25,26)15-4-2-1-3-5-15)20(24)22-14-7-9-18-19(11-14)28-12-27-18/h1-11,23H,12H2,(H,22,24). The number of nitrogens with one attached hydrogen (secondary N) is 2. The molecule has 0 saturated carbocycles. The molecule has 4 rings (SSSR count). The van der Waals surface area contributed by atoms with E-state index in [0.29, 0.717) is 17.2 Å². The number of benzene rings is 3. The Bertz CT molecular complexity index is 1180. The van der Waals surface area contributed by atoms with E-state index in [4.69, 9.17) is 21.1 Å². The zero-order valence-electron chi connectivity index (χ0n) is 14.9. The first-order valence-electron chi connectivity index (χ1n) is 8.51. The molecular formula is C20H15ClN2O5S. The average Bonchev–Trinajstić information content (AvgIpc) is 3.16. The molecule has 1 amide bonds. The van der Waals surface area contributed by atoms with E-state index in [1.165, 1.54) is 30.3 Å². The van der Waals surface area contributed by atoms with Crippen molar-refractivity contribution in [1.29, 1.82) is 0 Å². The highest BCUT2D eigenvalue weighted by atomic mass is 35.5. The van der Waals surface area contributed by atoms with Gasteiger partial charge in [-0.1, -0.05) is 29.8 Å². The fourth-order valence-corrected chi connectivity index (χ4v) is 4.04. The number of carbonyl (C=O) groups excluding carboxylic acids is 1. The summed E-state index contributed by atoms with van der Waals surface area (Å²) in [5.41, 5.74) is 0.664. The summed E-state index contributed by atoms with van der Waals surface area (Å²) in [6, 6.07) is 17.2. The number of sulfonamides is 1. The molecule has 9 heteroatoms. The van der Waals surface area contributed by atoms with Gasteiger partial charge in [-0.05, 0) is 42.5 Å². The third kappa shape index (κ3) is 4.13. The summed E-state index contributed by atoms with van der Waals surface area (Å²) in [5, 5.41) is 3.01. The average molecular weight is 431 g/mol. The van der Waals surface area contributed by atoms with Crippen LogP contribution in [0.4, 0.5) is 11.4 Å². The Labute approximate surface area is 172 Å². The predicted molar refractivity (Wildman–Crippen MR) is 109 cm³/mol. The topological polar surface area (TPSA) is 93.7 Å². The number of rotatable bonds is 5. The molecule has 29 heavy (non-hydrogen) atoms. The van der Waals surface area contributed by atoms with Crippen LogP contribution in [0.25, 0.3) is 0 Å². The van der Waals surface area contributed by atoms with Gasteiger partial charge in [0.2, 0.25) is 6.79 Å². The molecule has 3 aromatic rings. The van der Waals surface area contributed by atoms with Crippen molar-refractivity contribution in [1.82, 2.24) is 0 Å². The molecule has 1 aliphatic rings. The van der Waals surface area contributed by atoms with Crippen LogP contribution in [0.1, 0.15) is 10.4 Å². The molecular weight excluding hydrogens is 416 g/mol. The van der Waals surface area contributed by atoms with Crippen LogP contribution in [0, 0.1) is 0 Å². The van der Waals surface area contributed by atoms with Crippen LogP contribution in [0.5, 0.6) is 11.5 Å². The van der Waals surface area contributed by atoms with E-state index < -0.39 is 15.9 Å². The number of hydrogen-bond donors (Lipinski definition) is 2. The number of ether oxygens (including phenoxy) is 2. The lowest BCUT2D eigenvalue weighted by atomic mass is 10.1. The smallest absolute Gasteiger partial charge is 0.261 e. The highest BCUT2D eigenvalue weighted by Gasteiger charge is 2.20. The van der Waals surface area contributed by atoms with E-state index in [1.807, 2.05) is 0 Å². The number of carbonyl (C=O) groups is 1. The highest BCUT2D eigenvalue weighted by Crippen LogP contribution is 2.34. The summed E-state index contributed by atoms with van der Waals surface area (Å²) in [4.78, 5) is 12.9. The van der Waals surface area contributed by atoms with Gasteiger partial charge in [0.15, 0.2) is 11.5 Å². The zero-order chi connectivity index (χ0) is 20.4. The van der Waals surface area contributed by atoms with Crippen LogP contribution in [0.2, 0.25) is 5.02 Å². The van der Waals surface area contributed by atoms with Gasteiger partial charge >= 0.3 is 0 Å². The van der Waals surface area contributed by atoms with Gasteiger partial charge in [-0.3, -0.25) is 9.52 Å². The van der Waals surface area contributed by atoms with Crippen LogP contribution in [-0.4, -0.2) is 21.1 Å². The number of halogens is 1. The molecule has 7 nitrogen and oxygen atoms in total. The van der Waals surface area contributed by atoms with Gasteiger partial charge in [-0.2, -0.15) is 0 Å². The van der Waals surface area contributed by atoms with Crippen molar-refractivity contribution < 1.29 is 22.7 Å². The maximum atomic E-state index is 12.8. The normalized spacial score (nSPS) is 12.4. The van der Waals surface area contributed by atoms with E-state index in [-0.39, 0.29) is 28.0 Å². The zero-order valence-corrected chi connectivity index (χ0v) is 16.5. The molecule has 0 aliphatic carbocycles. The second kappa shape index (κ2) is 7.65. The molecule has 148 valence electrons. The second-order valence-electron chi connectivity index (χ2n) is 6.13. The van der Waals surface area contributed by atoms with Gasteiger partial charge in [0.25, 0.3) is 15.9 Å². The minimum atomic E-state index is -3.89. The predicted octanol–water partition coefficient (Wildman–Crippen LogP) is 4.12. The quantitative estimate of drug-likeness (QED) is 0.635. The summed E-state index contributed by atoms with van der Waals surface area (Å²) < 4.78 is 38.3. The van der Waals surface area contributed by atoms with Crippen molar-refractivity contribution in [3.63, 3.8) is 0 Å². The van der Waals surface area contributed by atoms with Gasteiger partial charge in [0.1, 0.15) is 0 Å². The molecule has 0 unspecified atom stereocenters. The first kappa shape index (κ1) is 19.1. The Morgan fingerprint density at radius 3 is 2.48 bits per heavy atom. The summed E-state index contributed by atoms with van der Waals surface area (Å²) in [7, 11) is -3.89. The Morgan fingerprint density at radius 2 is 1.69 bits per heavy atom. The number of fused-ring (bicyclic) bond motifs is 1. The van der Waals surface area contributed by atoms with Gasteiger partial charge in [-0.25, -0.2) is 8.42 Å². The van der Waals surface area contributed by atoms with Crippen molar-refractivity contribution in [2.24, 2.45) is 0 Å². The number of amides is 1. The summed E-state index contributed by atoms with van der Waals surface area (Å²) in [6.07, 6.45) is 0. The first-order chi connectivity index (χ1) is 13.9. The van der Waals surface area contributed by atoms with E-state index in [0.717, 1.165) is 0 Å². The Morgan fingerprint density at radius 1 is 0.931 bits per heavy atom. The molecule has 3 aromatic carbocycles. The minimum absolute atomic E-state index is 0.0691. The SMILES string of the molecule is O=C(Nc1ccc2c(c1)OCO2)c1ccc(Cl)cc1NS(=O)(=O)c1ccccc1. The maximum absolute atomic E-state index is 12.8. The van der Waals surface area contributed by atoms with Crippen LogP contribution < -0.4 is 19.5 Å². The molecule has 0 bridgehead atoms. The van der Waals surface area contributed by atoms with Crippen molar-refractivity contribution >= 4 is 38.9 Å². The third-order valence-electron chi connectivity index (χ3n) is 4.15. The summed E-state index contributed by atoms with van der Waals surface area (Å²) in [5.74, 6) is 0.598. The van der Waals surface area contributed by atoms with Crippen molar-refractivity contribution in [3.8, 4) is 11.5 Å². The second-order valence-corrected chi connectivity index (χ2v) is 8.25. The van der Waals surface area contributed by atoms with Crippen molar-refractivity contribution in [2.75, 3.05) is 16.8 Å². The molecule has 2 N–H and O–H groups in total. The molecule has 0 saturated heterocycles. The van der Waals surface area contributed by atoms with Crippen molar-refractivity contribution in [3.05, 3.63) is 77.3 Å². The molecule has 1 aliphatic heterocycles. The van der Waals surface area contributed by atoms with Crippen molar-refractivity contribution in [2.45, 2.75) is 4.90 Å². The maximum Gasteiger partial charge on any atom is 0.261 e. The fourth-order valence-electron chi connectivity index (χ4n) is 2.77. The Balaban J connectivity index is 1.62. The molecule has 0 atom stereocenters. The molecule has 0 fully saturated rings. The minimum Gasteiger partial charge on any atom is -0.454 e. The molecule has 0 radical (unpaired) electrons. The Kier molecular flexibility index (Phi) is 5.04. The molecule has 1 heterocycles. The monoisotopic (exact) mass is 430 g/mol. The van der Waals surface area contributed by atoms with Crippen LogP contribution in [0.15, 0.2) is 71.6 Å². The van der Waals surface area contributed by atoms with Gasteiger partial charge < -0.3 is 14.8 Å². The summed E-state index contributed by atoms with van der Waals surface area (Å²) in [6.45, 7) is 0.120. The number of hydrogen-bond acceptors (Lipinski definition) is 5. The van der Waals surface area contributed by atoms with E-state index in [1.54, 1.807) is 36.4 Å². The highest BCUT2D eigenvalue weighted by molar-refractivity contribution is 7.92. The molecule has 0 aromatic heterocycles. The lowest BCUT2D eigenvalue weighted by Gasteiger charge is -2.13. The van der Waals surface area contributed by atoms with Crippen LogP contribution in [0.3, 0.4) is 0 Å². The largest absolute Gasteiger partial charge is 0.454 e. The molecule has 0 spiro atoms. The Hall–Kier alpha value is -3.23. The summed E-state index contributed by atoms with van der Waals surface area (Å²) >= 11 is 6.02. The van der Waals surface area contributed by atoms with Crippen LogP contribution >= 0.6 is 11.6 Å². The van der Waals surface area contributed by atoms with Gasteiger partial charge in [0, 0.05) is 16.8 Å². The third-order valence-corrected chi connectivity index (χ3v) is 5.77. The van der Waals surface area contributed by atoms with Gasteiger partial charge in [-0.15, -0.1) is 0 Å². The van der Waals surface area contributed by atoms with E-state index in [2.05, 4.69) is 10.0 Å². The van der Waals surface area contributed by atoms with E-state index in [9.17, 15) is 13.2 Å². The fraction of sp³-hybridized carbons (Fsp3) is 0.0500. The number of anilines is 2. The van der Waals surface area contributed by atoms with Crippen LogP contribution in [-0.2, 0) is 10.0 Å². The first-order valence-corrected chi connectivity index (χ1v) is 10.4. The van der Waals surface area contributed by atoms with E-state index >= 15 is 0 Å². The van der Waals surface area contributed by atoms with Gasteiger partial charge in [0.05, 0.1) is 16.1 Å². The lowest BCUT2D eigenvalue weighted by Crippen LogP contribution is -2.18.